The van der Waals surface area contributed by atoms with Crippen LogP contribution in [0.2, 0.25) is 0 Å². The molecule has 1 saturated heterocycles. The molecule has 2 aromatic rings. The predicted octanol–water partition coefficient (Wildman–Crippen LogP) is 2.83. The fourth-order valence-corrected chi connectivity index (χ4v) is 3.68. The number of hydrogen-bond acceptors (Lipinski definition) is 5. The molecule has 1 aliphatic rings. The van der Waals surface area contributed by atoms with Crippen molar-refractivity contribution in [1.82, 2.24) is 9.78 Å². The Labute approximate surface area is 165 Å². The molecule has 1 fully saturated rings. The van der Waals surface area contributed by atoms with E-state index in [9.17, 15) is 9.59 Å². The van der Waals surface area contributed by atoms with Gasteiger partial charge in [0.1, 0.15) is 5.75 Å². The number of carbonyl (C=O) groups excluding carboxylic acids is 1. The van der Waals surface area contributed by atoms with Crippen molar-refractivity contribution in [2.45, 2.75) is 39.7 Å². The highest BCUT2D eigenvalue weighted by Gasteiger charge is 2.23. The first kappa shape index (κ1) is 19.9. The van der Waals surface area contributed by atoms with Gasteiger partial charge in [-0.05, 0) is 50.3 Å². The van der Waals surface area contributed by atoms with Crippen LogP contribution in [-0.4, -0.2) is 35.9 Å². The fourth-order valence-electron chi connectivity index (χ4n) is 3.68. The molecule has 1 unspecified atom stereocenters. The van der Waals surface area contributed by atoms with Crippen molar-refractivity contribution in [3.05, 3.63) is 46.4 Å². The van der Waals surface area contributed by atoms with E-state index in [4.69, 9.17) is 4.74 Å². The van der Waals surface area contributed by atoms with E-state index < -0.39 is 0 Å². The van der Waals surface area contributed by atoms with E-state index in [-0.39, 0.29) is 17.4 Å². The summed E-state index contributed by atoms with van der Waals surface area (Å²) in [5, 5.41) is 7.19. The van der Waals surface area contributed by atoms with Crippen molar-refractivity contribution in [3.63, 3.8) is 0 Å². The summed E-state index contributed by atoms with van der Waals surface area (Å²) < 4.78 is 6.77. The third-order valence-electron chi connectivity index (χ3n) is 5.14. The fraction of sp³-hybridized carbons (Fsp3) is 0.476. The van der Waals surface area contributed by atoms with Crippen molar-refractivity contribution in [2.24, 2.45) is 5.92 Å². The summed E-state index contributed by atoms with van der Waals surface area (Å²) in [6, 6.07) is 7.36. The molecule has 0 aliphatic carbocycles. The second kappa shape index (κ2) is 8.91. The molecule has 1 aromatic heterocycles. The van der Waals surface area contributed by atoms with E-state index in [1.807, 2.05) is 32.0 Å². The zero-order chi connectivity index (χ0) is 20.1. The Bertz CT molecular complexity index is 893. The third-order valence-corrected chi connectivity index (χ3v) is 5.14. The van der Waals surface area contributed by atoms with Gasteiger partial charge in [0.2, 0.25) is 5.91 Å². The van der Waals surface area contributed by atoms with Crippen molar-refractivity contribution in [3.8, 4) is 5.75 Å². The number of methoxy groups -OCH3 is 1. The minimum absolute atomic E-state index is 0.0183. The van der Waals surface area contributed by atoms with E-state index >= 15 is 0 Å². The molecule has 3 rings (SSSR count). The van der Waals surface area contributed by atoms with Crippen molar-refractivity contribution >= 4 is 17.3 Å². The number of rotatable bonds is 6. The maximum Gasteiger partial charge on any atom is 0.268 e. The maximum absolute atomic E-state index is 12.6. The zero-order valence-electron chi connectivity index (χ0n) is 16.8. The Balaban J connectivity index is 1.63. The minimum atomic E-state index is -0.0913. The molecular formula is C21H28N4O3. The second-order valence-corrected chi connectivity index (χ2v) is 7.28. The van der Waals surface area contributed by atoms with E-state index in [0.717, 1.165) is 37.2 Å². The van der Waals surface area contributed by atoms with E-state index in [0.29, 0.717) is 24.4 Å². The van der Waals surface area contributed by atoms with E-state index in [1.165, 1.54) is 4.68 Å². The van der Waals surface area contributed by atoms with Gasteiger partial charge >= 0.3 is 0 Å². The molecule has 0 radical (unpaired) electrons. The highest BCUT2D eigenvalue weighted by Crippen LogP contribution is 2.27. The number of hydrogen-bond donors (Lipinski definition) is 1. The SMILES string of the molecule is CCn1ncc(N2CCCC(CC(=O)Nc3cc(C)ccc3OC)C2)cc1=O. The van der Waals surface area contributed by atoms with E-state index in [1.54, 1.807) is 19.4 Å². The Morgan fingerprint density at radius 1 is 1.36 bits per heavy atom. The van der Waals surface area contributed by atoms with Gasteiger partial charge in [-0.2, -0.15) is 5.10 Å². The standard InChI is InChI=1S/C21H28N4O3/c1-4-25-21(27)12-17(13-22-25)24-9-5-6-16(14-24)11-20(26)23-18-10-15(2)7-8-19(18)28-3/h7-8,10,12-13,16H,4-6,9,11,14H2,1-3H3,(H,23,26). The predicted molar refractivity (Wildman–Crippen MR) is 110 cm³/mol. The number of ether oxygens (including phenoxy) is 1. The summed E-state index contributed by atoms with van der Waals surface area (Å²) in [6.07, 6.45) is 4.16. The van der Waals surface area contributed by atoms with Gasteiger partial charge in [-0.15, -0.1) is 0 Å². The van der Waals surface area contributed by atoms with Gasteiger partial charge in [0.15, 0.2) is 0 Å². The van der Waals surface area contributed by atoms with Crippen LogP contribution in [-0.2, 0) is 11.3 Å². The number of aryl methyl sites for hydroxylation is 2. The number of carbonyl (C=O) groups is 1. The van der Waals surface area contributed by atoms with Crippen LogP contribution in [0.15, 0.2) is 35.3 Å². The Morgan fingerprint density at radius 3 is 2.89 bits per heavy atom. The molecule has 7 nitrogen and oxygen atoms in total. The lowest BCUT2D eigenvalue weighted by Crippen LogP contribution is -2.38. The van der Waals surface area contributed by atoms with Gasteiger partial charge in [0, 0.05) is 32.1 Å². The summed E-state index contributed by atoms with van der Waals surface area (Å²) in [5.41, 5.74) is 2.51. The van der Waals surface area contributed by atoms with Crippen LogP contribution in [0, 0.1) is 12.8 Å². The summed E-state index contributed by atoms with van der Waals surface area (Å²) >= 11 is 0. The summed E-state index contributed by atoms with van der Waals surface area (Å²) in [4.78, 5) is 26.8. The number of anilines is 2. The molecule has 28 heavy (non-hydrogen) atoms. The summed E-state index contributed by atoms with van der Waals surface area (Å²) in [6.45, 7) is 6.06. The smallest absolute Gasteiger partial charge is 0.268 e. The van der Waals surface area contributed by atoms with Crippen LogP contribution in [0.1, 0.15) is 31.7 Å². The molecular weight excluding hydrogens is 356 g/mol. The first-order valence-electron chi connectivity index (χ1n) is 9.76. The third kappa shape index (κ3) is 4.71. The number of nitrogens with zero attached hydrogens (tertiary/aromatic N) is 3. The number of amides is 1. The molecule has 1 aromatic carbocycles. The summed E-state index contributed by atoms with van der Waals surface area (Å²) in [7, 11) is 1.60. The number of nitrogens with one attached hydrogen (secondary N) is 1. The van der Waals surface area contributed by atoms with Crippen molar-refractivity contribution in [2.75, 3.05) is 30.4 Å². The molecule has 150 valence electrons. The Morgan fingerprint density at radius 2 is 2.18 bits per heavy atom. The normalized spacial score (nSPS) is 16.7. The number of benzene rings is 1. The monoisotopic (exact) mass is 384 g/mol. The maximum atomic E-state index is 12.6. The lowest BCUT2D eigenvalue weighted by Gasteiger charge is -2.34. The molecule has 2 heterocycles. The van der Waals surface area contributed by atoms with Gasteiger partial charge in [-0.1, -0.05) is 6.07 Å². The van der Waals surface area contributed by atoms with Gasteiger partial charge in [-0.3, -0.25) is 9.59 Å². The van der Waals surface area contributed by atoms with Crippen LogP contribution in [0.3, 0.4) is 0 Å². The van der Waals surface area contributed by atoms with Crippen LogP contribution >= 0.6 is 0 Å². The van der Waals surface area contributed by atoms with Crippen LogP contribution < -0.4 is 20.5 Å². The lowest BCUT2D eigenvalue weighted by molar-refractivity contribution is -0.117. The van der Waals surface area contributed by atoms with Crippen LogP contribution in [0.4, 0.5) is 11.4 Å². The first-order chi connectivity index (χ1) is 13.5. The first-order valence-corrected chi connectivity index (χ1v) is 9.76. The zero-order valence-corrected chi connectivity index (χ0v) is 16.8. The average Bonchev–Trinajstić information content (AvgIpc) is 2.68. The highest BCUT2D eigenvalue weighted by molar-refractivity contribution is 5.92. The van der Waals surface area contributed by atoms with E-state index in [2.05, 4.69) is 15.3 Å². The summed E-state index contributed by atoms with van der Waals surface area (Å²) in [5.74, 6) is 0.875. The molecule has 7 heteroatoms. The highest BCUT2D eigenvalue weighted by atomic mass is 16.5. The molecule has 0 saturated carbocycles. The van der Waals surface area contributed by atoms with Crippen molar-refractivity contribution < 1.29 is 9.53 Å². The second-order valence-electron chi connectivity index (χ2n) is 7.28. The van der Waals surface area contributed by atoms with Gasteiger partial charge in [0.25, 0.3) is 5.56 Å². The molecule has 1 atom stereocenters. The van der Waals surface area contributed by atoms with Gasteiger partial charge in [-0.25, -0.2) is 4.68 Å². The Kier molecular flexibility index (Phi) is 6.34. The largest absolute Gasteiger partial charge is 0.495 e. The van der Waals surface area contributed by atoms with Crippen LogP contribution in [0.25, 0.3) is 0 Å². The molecule has 1 aliphatic heterocycles. The van der Waals surface area contributed by atoms with Gasteiger partial charge in [0.05, 0.1) is 24.7 Å². The average molecular weight is 384 g/mol. The lowest BCUT2D eigenvalue weighted by atomic mass is 9.94. The topological polar surface area (TPSA) is 76.5 Å². The Hall–Kier alpha value is -2.83. The number of piperidine rings is 1. The quantitative estimate of drug-likeness (QED) is 0.829. The van der Waals surface area contributed by atoms with Crippen LogP contribution in [0.5, 0.6) is 5.75 Å². The van der Waals surface area contributed by atoms with Crippen molar-refractivity contribution in [1.29, 1.82) is 0 Å². The van der Waals surface area contributed by atoms with Gasteiger partial charge < -0.3 is 15.0 Å². The molecule has 1 amide bonds. The molecule has 1 N–H and O–H groups in total. The number of aromatic nitrogens is 2. The minimum Gasteiger partial charge on any atom is -0.495 e. The molecule has 0 bridgehead atoms. The molecule has 0 spiro atoms.